The molecule has 2 amide bonds. The van der Waals surface area contributed by atoms with E-state index in [1.807, 2.05) is 12.1 Å². The predicted octanol–water partition coefficient (Wildman–Crippen LogP) is 1.97. The summed E-state index contributed by atoms with van der Waals surface area (Å²) in [5.74, 6) is -1.06. The molecule has 1 saturated carbocycles. The monoisotopic (exact) mass is 330 g/mol. The molecule has 0 atom stereocenters. The molecule has 0 radical (unpaired) electrons. The van der Waals surface area contributed by atoms with Crippen LogP contribution in [0.4, 0.5) is 5.69 Å². The number of carboxylic acid groups (broad SMARTS) is 1. The van der Waals surface area contributed by atoms with Gasteiger partial charge in [0, 0.05) is 30.8 Å². The minimum absolute atomic E-state index is 0.0355. The fourth-order valence-corrected chi connectivity index (χ4v) is 3.55. The number of carbonyl (C=O) groups is 3. The highest BCUT2D eigenvalue weighted by Gasteiger charge is 2.27. The van der Waals surface area contributed by atoms with E-state index in [1.54, 1.807) is 18.0 Å². The van der Waals surface area contributed by atoms with Crippen LogP contribution in [0, 0.1) is 5.92 Å². The predicted molar refractivity (Wildman–Crippen MR) is 89.0 cm³/mol. The fraction of sp³-hybridized carbons (Fsp3) is 0.500. The molecule has 1 aromatic rings. The highest BCUT2D eigenvalue weighted by molar-refractivity contribution is 5.99. The van der Waals surface area contributed by atoms with Gasteiger partial charge in [0.15, 0.2) is 0 Å². The van der Waals surface area contributed by atoms with Gasteiger partial charge in [-0.15, -0.1) is 0 Å². The number of rotatable bonds is 3. The van der Waals surface area contributed by atoms with E-state index >= 15 is 0 Å². The third-order valence-electron chi connectivity index (χ3n) is 5.10. The average molecular weight is 330 g/mol. The van der Waals surface area contributed by atoms with Crippen LogP contribution in [0.1, 0.15) is 48.0 Å². The summed E-state index contributed by atoms with van der Waals surface area (Å²) in [6.07, 6.45) is 3.74. The molecule has 0 aromatic heterocycles. The van der Waals surface area contributed by atoms with Gasteiger partial charge in [-0.25, -0.2) is 0 Å². The lowest BCUT2D eigenvalue weighted by atomic mass is 9.86. The third kappa shape index (κ3) is 3.27. The molecule has 0 bridgehead atoms. The number of aryl methyl sites for hydroxylation is 1. The van der Waals surface area contributed by atoms with E-state index in [9.17, 15) is 14.4 Å². The normalized spacial score (nSPS) is 23.5. The van der Waals surface area contributed by atoms with Gasteiger partial charge in [-0.05, 0) is 55.9 Å². The van der Waals surface area contributed by atoms with Crippen molar-refractivity contribution in [3.63, 3.8) is 0 Å². The number of fused-ring (bicyclic) bond motifs is 1. The van der Waals surface area contributed by atoms with Crippen molar-refractivity contribution in [2.24, 2.45) is 5.92 Å². The number of nitrogens with zero attached hydrogens (tertiary/aromatic N) is 1. The van der Waals surface area contributed by atoms with E-state index in [4.69, 9.17) is 5.11 Å². The first-order valence-corrected chi connectivity index (χ1v) is 8.39. The minimum atomic E-state index is -0.742. The first-order chi connectivity index (χ1) is 11.5. The van der Waals surface area contributed by atoms with Crippen LogP contribution < -0.4 is 10.2 Å². The zero-order valence-electron chi connectivity index (χ0n) is 13.7. The van der Waals surface area contributed by atoms with Gasteiger partial charge >= 0.3 is 5.97 Å². The van der Waals surface area contributed by atoms with Crippen molar-refractivity contribution in [1.29, 1.82) is 0 Å². The Bertz CT molecular complexity index is 678. The first-order valence-electron chi connectivity index (χ1n) is 8.39. The SMILES string of the molecule is CN1C(=O)CCc2cc(C(=O)NC3CCC(C(=O)O)CC3)ccc21. The van der Waals surface area contributed by atoms with Crippen LogP contribution in [0.15, 0.2) is 18.2 Å². The standard InChI is InChI=1S/C18H22N2O4/c1-20-15-8-4-13(10-12(15)5-9-16(20)21)17(22)19-14-6-2-11(3-7-14)18(23)24/h4,8,10-11,14H,2-3,5-7,9H2,1H3,(H,19,22)(H,23,24). The average Bonchev–Trinajstić information content (AvgIpc) is 2.58. The Hall–Kier alpha value is -2.37. The molecule has 128 valence electrons. The number of aliphatic carboxylic acids is 1. The topological polar surface area (TPSA) is 86.7 Å². The molecule has 1 fully saturated rings. The lowest BCUT2D eigenvalue weighted by molar-refractivity contribution is -0.142. The van der Waals surface area contributed by atoms with E-state index in [-0.39, 0.29) is 23.8 Å². The van der Waals surface area contributed by atoms with Crippen LogP contribution >= 0.6 is 0 Å². The highest BCUT2D eigenvalue weighted by atomic mass is 16.4. The van der Waals surface area contributed by atoms with Crippen molar-refractivity contribution in [1.82, 2.24) is 5.32 Å². The number of nitrogens with one attached hydrogen (secondary N) is 1. The first kappa shape index (κ1) is 16.5. The molecular weight excluding hydrogens is 308 g/mol. The molecule has 6 nitrogen and oxygen atoms in total. The van der Waals surface area contributed by atoms with E-state index in [2.05, 4.69) is 5.32 Å². The highest BCUT2D eigenvalue weighted by Crippen LogP contribution is 2.28. The lowest BCUT2D eigenvalue weighted by Crippen LogP contribution is -2.39. The number of benzene rings is 1. The Kier molecular flexibility index (Phi) is 4.55. The molecule has 1 heterocycles. The van der Waals surface area contributed by atoms with Crippen molar-refractivity contribution in [3.05, 3.63) is 29.3 Å². The maximum absolute atomic E-state index is 12.5. The second-order valence-electron chi connectivity index (χ2n) is 6.66. The van der Waals surface area contributed by atoms with Gasteiger partial charge in [-0.3, -0.25) is 14.4 Å². The number of carbonyl (C=O) groups excluding carboxylic acids is 2. The Balaban J connectivity index is 1.64. The van der Waals surface area contributed by atoms with E-state index in [0.717, 1.165) is 11.3 Å². The molecule has 1 aromatic carbocycles. The Morgan fingerprint density at radius 2 is 1.88 bits per heavy atom. The molecule has 0 saturated heterocycles. The van der Waals surface area contributed by atoms with Gasteiger partial charge in [0.2, 0.25) is 5.91 Å². The van der Waals surface area contributed by atoms with Crippen molar-refractivity contribution >= 4 is 23.5 Å². The summed E-state index contributed by atoms with van der Waals surface area (Å²) in [6.45, 7) is 0. The van der Waals surface area contributed by atoms with Crippen LogP contribution in [0.3, 0.4) is 0 Å². The van der Waals surface area contributed by atoms with E-state index < -0.39 is 5.97 Å². The molecule has 24 heavy (non-hydrogen) atoms. The van der Waals surface area contributed by atoms with Crippen LogP contribution in [-0.2, 0) is 16.0 Å². The molecular formula is C18H22N2O4. The smallest absolute Gasteiger partial charge is 0.306 e. The van der Waals surface area contributed by atoms with Crippen molar-refractivity contribution in [2.45, 2.75) is 44.6 Å². The van der Waals surface area contributed by atoms with Gasteiger partial charge < -0.3 is 15.3 Å². The zero-order chi connectivity index (χ0) is 17.3. The maximum atomic E-state index is 12.5. The van der Waals surface area contributed by atoms with Crippen molar-refractivity contribution < 1.29 is 19.5 Å². The summed E-state index contributed by atoms with van der Waals surface area (Å²) in [7, 11) is 1.75. The molecule has 0 unspecified atom stereocenters. The van der Waals surface area contributed by atoms with Gasteiger partial charge in [-0.1, -0.05) is 0 Å². The minimum Gasteiger partial charge on any atom is -0.481 e. The summed E-state index contributed by atoms with van der Waals surface area (Å²) >= 11 is 0. The lowest BCUT2D eigenvalue weighted by Gasteiger charge is -2.28. The quantitative estimate of drug-likeness (QED) is 0.887. The number of anilines is 1. The van der Waals surface area contributed by atoms with Gasteiger partial charge in [0.25, 0.3) is 5.91 Å². The summed E-state index contributed by atoms with van der Waals surface area (Å²) in [5.41, 5.74) is 2.47. The summed E-state index contributed by atoms with van der Waals surface area (Å²) in [5, 5.41) is 12.0. The molecule has 1 aliphatic heterocycles. The van der Waals surface area contributed by atoms with Crippen LogP contribution in [0.2, 0.25) is 0 Å². The van der Waals surface area contributed by atoms with E-state index in [0.29, 0.717) is 44.1 Å². The second kappa shape index (κ2) is 6.63. The largest absolute Gasteiger partial charge is 0.481 e. The fourth-order valence-electron chi connectivity index (χ4n) is 3.55. The third-order valence-corrected chi connectivity index (χ3v) is 5.10. The van der Waals surface area contributed by atoms with Crippen LogP contribution in [0.25, 0.3) is 0 Å². The van der Waals surface area contributed by atoms with E-state index in [1.165, 1.54) is 0 Å². The Labute approximate surface area is 140 Å². The molecule has 3 rings (SSSR count). The zero-order valence-corrected chi connectivity index (χ0v) is 13.7. The number of carboxylic acids is 1. The maximum Gasteiger partial charge on any atom is 0.306 e. The summed E-state index contributed by atoms with van der Waals surface area (Å²) in [6, 6.07) is 5.46. The van der Waals surface area contributed by atoms with Crippen LogP contribution in [0.5, 0.6) is 0 Å². The van der Waals surface area contributed by atoms with Gasteiger partial charge in [-0.2, -0.15) is 0 Å². The number of hydrogen-bond donors (Lipinski definition) is 2. The van der Waals surface area contributed by atoms with Crippen LogP contribution in [-0.4, -0.2) is 36.0 Å². The van der Waals surface area contributed by atoms with Gasteiger partial charge in [0.1, 0.15) is 0 Å². The molecule has 6 heteroatoms. The summed E-state index contributed by atoms with van der Waals surface area (Å²) in [4.78, 5) is 36.8. The molecule has 2 N–H and O–H groups in total. The van der Waals surface area contributed by atoms with Crippen molar-refractivity contribution in [2.75, 3.05) is 11.9 Å². The van der Waals surface area contributed by atoms with Crippen molar-refractivity contribution in [3.8, 4) is 0 Å². The second-order valence-corrected chi connectivity index (χ2v) is 6.66. The molecule has 1 aliphatic carbocycles. The molecule has 2 aliphatic rings. The molecule has 0 spiro atoms. The number of amides is 2. The Morgan fingerprint density at radius 1 is 1.17 bits per heavy atom. The number of hydrogen-bond acceptors (Lipinski definition) is 3. The summed E-state index contributed by atoms with van der Waals surface area (Å²) < 4.78 is 0. The Morgan fingerprint density at radius 3 is 2.54 bits per heavy atom. The van der Waals surface area contributed by atoms with Gasteiger partial charge in [0.05, 0.1) is 5.92 Å².